The van der Waals surface area contributed by atoms with E-state index in [1.165, 1.54) is 80.9 Å². The van der Waals surface area contributed by atoms with Gasteiger partial charge in [0.05, 0.1) is 16.7 Å². The third-order valence-corrected chi connectivity index (χ3v) is 12.9. The number of hydrogen-bond donors (Lipinski definition) is 0. The number of fused-ring (bicyclic) bond motifs is 9. The van der Waals surface area contributed by atoms with Crippen LogP contribution in [0.5, 0.6) is 0 Å². The monoisotopic (exact) mass is 743 g/mol. The third-order valence-electron chi connectivity index (χ3n) is 11.6. The predicted octanol–water partition coefficient (Wildman–Crippen LogP) is 15.7. The molecule has 12 aromatic rings. The Morgan fingerprint density at radius 2 is 0.895 bits per heavy atom. The highest BCUT2D eigenvalue weighted by atomic mass is 32.1. The fraction of sp³-hybridized carbons (Fsp3) is 0. The molecule has 3 heterocycles. The number of benzene rings is 9. The number of hydrogen-bond acceptors (Lipinski definition) is 2. The molecule has 0 amide bonds. The van der Waals surface area contributed by atoms with Gasteiger partial charge in [0.2, 0.25) is 0 Å². The van der Waals surface area contributed by atoms with Crippen LogP contribution in [-0.4, -0.2) is 4.57 Å². The second kappa shape index (κ2) is 12.7. The van der Waals surface area contributed by atoms with Crippen LogP contribution in [-0.2, 0) is 0 Å². The summed E-state index contributed by atoms with van der Waals surface area (Å²) in [4.78, 5) is 0. The van der Waals surface area contributed by atoms with E-state index in [0.29, 0.717) is 0 Å². The highest BCUT2D eigenvalue weighted by Crippen LogP contribution is 2.47. The third kappa shape index (κ3) is 4.89. The van der Waals surface area contributed by atoms with E-state index < -0.39 is 0 Å². The lowest BCUT2D eigenvalue weighted by atomic mass is 9.92. The molecule has 0 saturated carbocycles. The molecule has 3 aromatic heterocycles. The number of thiophene rings is 1. The second-order valence-electron chi connectivity index (χ2n) is 14.8. The van der Waals surface area contributed by atoms with E-state index >= 15 is 0 Å². The second-order valence-corrected chi connectivity index (χ2v) is 15.8. The van der Waals surface area contributed by atoms with Crippen LogP contribution in [0.2, 0.25) is 0 Å². The minimum Gasteiger partial charge on any atom is -0.456 e. The lowest BCUT2D eigenvalue weighted by Gasteiger charge is -2.17. The lowest BCUT2D eigenvalue weighted by molar-refractivity contribution is 0.669. The number of aromatic nitrogens is 1. The van der Waals surface area contributed by atoms with Crippen LogP contribution in [0.4, 0.5) is 0 Å². The Morgan fingerprint density at radius 3 is 1.74 bits per heavy atom. The van der Waals surface area contributed by atoms with Crippen LogP contribution < -0.4 is 0 Å². The normalized spacial score (nSPS) is 11.9. The van der Waals surface area contributed by atoms with E-state index in [2.05, 4.69) is 199 Å². The minimum atomic E-state index is 0.904. The van der Waals surface area contributed by atoms with Gasteiger partial charge in [0.1, 0.15) is 11.2 Å². The van der Waals surface area contributed by atoms with Crippen LogP contribution in [0.1, 0.15) is 0 Å². The zero-order valence-corrected chi connectivity index (χ0v) is 31.6. The summed E-state index contributed by atoms with van der Waals surface area (Å²) in [5, 5.41) is 7.34. The summed E-state index contributed by atoms with van der Waals surface area (Å²) in [5.74, 6) is 0. The van der Waals surface area contributed by atoms with Gasteiger partial charge in [0.15, 0.2) is 0 Å². The maximum absolute atomic E-state index is 6.32. The molecule has 0 N–H and O–H groups in total. The van der Waals surface area contributed by atoms with Gasteiger partial charge in [-0.25, -0.2) is 0 Å². The van der Waals surface area contributed by atoms with Crippen molar-refractivity contribution in [3.05, 3.63) is 200 Å². The standard InChI is InChI=1S/C54H33NOS/c1-2-15-34(16-3-1)37-23-12-25-44-45-26-13-24-43(54(45)57-53(37)44)39-18-5-4-17-38(39)40-19-6-9-27-47(40)55-48-28-10-7-20-41(48)42-32-31-35(33-49(42)55)36-22-14-30-51-52(36)46-21-8-11-29-50(46)56-51/h1-33H. The molecular weight excluding hydrogens is 711 g/mol. The molecule has 0 fully saturated rings. The maximum atomic E-state index is 6.32. The SMILES string of the molecule is c1ccc(-c2cccc3c2sc2c(-c4ccccc4-c4ccccc4-n4c5ccccc5c5ccc(-c6cccc7oc8ccccc8c67)cc54)cccc23)cc1. The van der Waals surface area contributed by atoms with Gasteiger partial charge in [-0.1, -0.05) is 170 Å². The fourth-order valence-electron chi connectivity index (χ4n) is 9.14. The van der Waals surface area contributed by atoms with Crippen molar-refractivity contribution in [3.8, 4) is 50.2 Å². The molecule has 0 aliphatic heterocycles. The van der Waals surface area contributed by atoms with Crippen molar-refractivity contribution < 1.29 is 4.42 Å². The molecule has 0 saturated heterocycles. The van der Waals surface area contributed by atoms with Crippen molar-refractivity contribution >= 4 is 75.3 Å². The first kappa shape index (κ1) is 32.1. The summed E-state index contributed by atoms with van der Waals surface area (Å²) >= 11 is 1.90. The van der Waals surface area contributed by atoms with Gasteiger partial charge in [-0.2, -0.15) is 0 Å². The predicted molar refractivity (Wildman–Crippen MR) is 243 cm³/mol. The summed E-state index contributed by atoms with van der Waals surface area (Å²) in [6.45, 7) is 0. The van der Waals surface area contributed by atoms with Crippen LogP contribution in [0.15, 0.2) is 205 Å². The van der Waals surface area contributed by atoms with Gasteiger partial charge in [0.25, 0.3) is 0 Å². The molecule has 12 rings (SSSR count). The topological polar surface area (TPSA) is 18.1 Å². The molecule has 0 aliphatic rings. The van der Waals surface area contributed by atoms with Crippen molar-refractivity contribution in [2.75, 3.05) is 0 Å². The Bertz CT molecular complexity index is 3530. The van der Waals surface area contributed by atoms with Crippen LogP contribution in [0.3, 0.4) is 0 Å². The molecule has 0 bridgehead atoms. The van der Waals surface area contributed by atoms with Crippen molar-refractivity contribution in [2.24, 2.45) is 0 Å². The number of nitrogens with zero attached hydrogens (tertiary/aromatic N) is 1. The zero-order chi connectivity index (χ0) is 37.5. The Labute approximate surface area is 333 Å². The summed E-state index contributed by atoms with van der Waals surface area (Å²) in [6, 6.07) is 72.6. The molecule has 3 heteroatoms. The first-order valence-corrected chi connectivity index (χ1v) is 20.2. The van der Waals surface area contributed by atoms with E-state index in [1.807, 2.05) is 17.4 Å². The smallest absolute Gasteiger partial charge is 0.136 e. The average Bonchev–Trinajstić information content (AvgIpc) is 3.96. The van der Waals surface area contributed by atoms with Gasteiger partial charge in [-0.15, -0.1) is 11.3 Å². The summed E-state index contributed by atoms with van der Waals surface area (Å²) in [7, 11) is 0. The van der Waals surface area contributed by atoms with Crippen molar-refractivity contribution in [1.29, 1.82) is 0 Å². The van der Waals surface area contributed by atoms with Crippen LogP contribution >= 0.6 is 11.3 Å². The Balaban J connectivity index is 1.08. The molecular formula is C54H33NOS. The van der Waals surface area contributed by atoms with Crippen molar-refractivity contribution in [1.82, 2.24) is 4.57 Å². The molecule has 0 spiro atoms. The Morgan fingerprint density at radius 1 is 0.333 bits per heavy atom. The van der Waals surface area contributed by atoms with Crippen molar-refractivity contribution in [2.45, 2.75) is 0 Å². The van der Waals surface area contributed by atoms with Gasteiger partial charge < -0.3 is 8.98 Å². The van der Waals surface area contributed by atoms with Crippen LogP contribution in [0.25, 0.3) is 114 Å². The quantitative estimate of drug-likeness (QED) is 0.172. The van der Waals surface area contributed by atoms with Crippen LogP contribution in [0, 0.1) is 0 Å². The lowest BCUT2D eigenvalue weighted by Crippen LogP contribution is -1.98. The molecule has 266 valence electrons. The van der Waals surface area contributed by atoms with Gasteiger partial charge >= 0.3 is 0 Å². The molecule has 0 unspecified atom stereocenters. The molecule has 9 aromatic carbocycles. The van der Waals surface area contributed by atoms with E-state index in [-0.39, 0.29) is 0 Å². The zero-order valence-electron chi connectivity index (χ0n) is 30.8. The fourth-order valence-corrected chi connectivity index (χ4v) is 10.5. The molecule has 2 nitrogen and oxygen atoms in total. The number of para-hydroxylation sites is 3. The van der Waals surface area contributed by atoms with Crippen molar-refractivity contribution in [3.63, 3.8) is 0 Å². The van der Waals surface area contributed by atoms with Gasteiger partial charge in [-0.05, 0) is 63.7 Å². The molecule has 0 atom stereocenters. The molecule has 57 heavy (non-hydrogen) atoms. The number of rotatable bonds is 5. The van der Waals surface area contributed by atoms with E-state index in [1.54, 1.807) is 0 Å². The van der Waals surface area contributed by atoms with E-state index in [4.69, 9.17) is 4.42 Å². The first-order chi connectivity index (χ1) is 28.3. The average molecular weight is 744 g/mol. The Hall–Kier alpha value is -7.20. The highest BCUT2D eigenvalue weighted by Gasteiger charge is 2.21. The summed E-state index contributed by atoms with van der Waals surface area (Å²) in [6.07, 6.45) is 0. The largest absolute Gasteiger partial charge is 0.456 e. The van der Waals surface area contributed by atoms with E-state index in [9.17, 15) is 0 Å². The molecule has 0 aliphatic carbocycles. The van der Waals surface area contributed by atoms with E-state index in [0.717, 1.165) is 33.2 Å². The number of furan rings is 1. The first-order valence-electron chi connectivity index (χ1n) is 19.4. The van der Waals surface area contributed by atoms with Gasteiger partial charge in [-0.3, -0.25) is 0 Å². The summed E-state index contributed by atoms with van der Waals surface area (Å²) < 4.78 is 11.4. The highest BCUT2D eigenvalue weighted by molar-refractivity contribution is 7.26. The van der Waals surface area contributed by atoms with Gasteiger partial charge in [0, 0.05) is 52.8 Å². The maximum Gasteiger partial charge on any atom is 0.136 e. The molecule has 0 radical (unpaired) electrons. The summed E-state index contributed by atoms with van der Waals surface area (Å²) in [5.41, 5.74) is 15.0. The Kier molecular flexibility index (Phi) is 7.13. The minimum absolute atomic E-state index is 0.904.